The Kier molecular flexibility index (Phi) is 4.15. The summed E-state index contributed by atoms with van der Waals surface area (Å²) in [5.41, 5.74) is 0.577. The van der Waals surface area contributed by atoms with Gasteiger partial charge in [0.2, 0.25) is 6.79 Å². The SMILES string of the molecule is CC(=O)c1cc2c(cc1NS(=O)(=O)c1ccc3c(c1)N(C)C(=O)CO3)OCO2. The van der Waals surface area contributed by atoms with Crippen molar-refractivity contribution in [3.8, 4) is 17.2 Å². The van der Waals surface area contributed by atoms with E-state index >= 15 is 0 Å². The van der Waals surface area contributed by atoms with E-state index in [0.717, 1.165) is 0 Å². The van der Waals surface area contributed by atoms with Crippen molar-refractivity contribution >= 4 is 33.1 Å². The number of carbonyl (C=O) groups is 2. The maximum Gasteiger partial charge on any atom is 0.264 e. The molecule has 0 bridgehead atoms. The Hall–Kier alpha value is -3.27. The second-order valence-corrected chi connectivity index (χ2v) is 7.97. The summed E-state index contributed by atoms with van der Waals surface area (Å²) in [6.07, 6.45) is 0. The number of carbonyl (C=O) groups excluding carboxylic acids is 2. The molecule has 0 saturated carbocycles. The Balaban J connectivity index is 1.73. The third kappa shape index (κ3) is 3.01. The molecule has 0 saturated heterocycles. The summed E-state index contributed by atoms with van der Waals surface area (Å²) >= 11 is 0. The standard InChI is InChI=1S/C18H16N2O7S/c1-10(21)12-6-16-17(27-9-26-16)7-13(12)19-28(23,24)11-3-4-15-14(5-11)20(2)18(22)8-25-15/h3-7,19H,8-9H2,1-2H3. The monoisotopic (exact) mass is 404 g/mol. The third-order valence-corrected chi connectivity index (χ3v) is 5.83. The maximum absolute atomic E-state index is 12.9. The number of likely N-dealkylation sites (N-methyl/N-ethyl adjacent to an activating group) is 1. The highest BCUT2D eigenvalue weighted by Gasteiger charge is 2.27. The number of Topliss-reactive ketones (excluding diaryl/α,β-unsaturated/α-hetero) is 1. The number of fused-ring (bicyclic) bond motifs is 2. The molecule has 146 valence electrons. The van der Waals surface area contributed by atoms with E-state index in [1.54, 1.807) is 7.05 Å². The molecule has 0 radical (unpaired) electrons. The van der Waals surface area contributed by atoms with Gasteiger partial charge in [0.15, 0.2) is 23.9 Å². The second kappa shape index (κ2) is 6.41. The lowest BCUT2D eigenvalue weighted by atomic mass is 10.1. The first kappa shape index (κ1) is 18.1. The van der Waals surface area contributed by atoms with Gasteiger partial charge in [-0.05, 0) is 31.2 Å². The van der Waals surface area contributed by atoms with Crippen molar-refractivity contribution in [2.45, 2.75) is 11.8 Å². The minimum Gasteiger partial charge on any atom is -0.482 e. The van der Waals surface area contributed by atoms with Crippen LogP contribution in [0.1, 0.15) is 17.3 Å². The van der Waals surface area contributed by atoms with Crippen molar-refractivity contribution in [3.63, 3.8) is 0 Å². The first-order chi connectivity index (χ1) is 13.3. The number of ether oxygens (including phenoxy) is 3. The van der Waals surface area contributed by atoms with Crippen molar-refractivity contribution < 1.29 is 32.2 Å². The summed E-state index contributed by atoms with van der Waals surface area (Å²) in [7, 11) is -2.51. The normalized spacial score (nSPS) is 15.1. The molecular weight excluding hydrogens is 388 g/mol. The van der Waals surface area contributed by atoms with Gasteiger partial charge >= 0.3 is 0 Å². The van der Waals surface area contributed by atoms with Crippen LogP contribution in [0.3, 0.4) is 0 Å². The van der Waals surface area contributed by atoms with Gasteiger partial charge in [-0.3, -0.25) is 14.3 Å². The van der Waals surface area contributed by atoms with Gasteiger partial charge in [0.1, 0.15) is 5.75 Å². The largest absolute Gasteiger partial charge is 0.482 e. The highest BCUT2D eigenvalue weighted by atomic mass is 32.2. The number of amides is 1. The van der Waals surface area contributed by atoms with Crippen LogP contribution in [-0.2, 0) is 14.8 Å². The zero-order valence-electron chi connectivity index (χ0n) is 15.0. The predicted molar refractivity (Wildman–Crippen MR) is 98.7 cm³/mol. The molecule has 0 spiro atoms. The van der Waals surface area contributed by atoms with Crippen LogP contribution in [0.15, 0.2) is 35.2 Å². The Morgan fingerprint density at radius 2 is 1.79 bits per heavy atom. The molecule has 9 nitrogen and oxygen atoms in total. The topological polar surface area (TPSA) is 111 Å². The number of rotatable bonds is 4. The molecule has 28 heavy (non-hydrogen) atoms. The first-order valence-electron chi connectivity index (χ1n) is 8.27. The third-order valence-electron chi connectivity index (χ3n) is 4.46. The summed E-state index contributed by atoms with van der Waals surface area (Å²) in [6.45, 7) is 1.22. The molecule has 2 aromatic rings. The minimum absolute atomic E-state index is 0.00589. The zero-order valence-corrected chi connectivity index (χ0v) is 15.8. The summed E-state index contributed by atoms with van der Waals surface area (Å²) < 4.78 is 44.1. The first-order valence-corrected chi connectivity index (χ1v) is 9.75. The van der Waals surface area contributed by atoms with Crippen LogP contribution in [0, 0.1) is 0 Å². The molecule has 2 heterocycles. The van der Waals surface area contributed by atoms with Crippen LogP contribution < -0.4 is 23.8 Å². The van der Waals surface area contributed by atoms with Crippen molar-refractivity contribution in [2.75, 3.05) is 30.1 Å². The Morgan fingerprint density at radius 1 is 1.07 bits per heavy atom. The predicted octanol–water partition coefficient (Wildman–Crippen LogP) is 1.77. The van der Waals surface area contributed by atoms with Crippen molar-refractivity contribution in [3.05, 3.63) is 35.9 Å². The summed E-state index contributed by atoms with van der Waals surface area (Å²) in [5, 5.41) is 0. The molecule has 0 fully saturated rings. The molecule has 10 heteroatoms. The van der Waals surface area contributed by atoms with Crippen molar-refractivity contribution in [1.82, 2.24) is 0 Å². The Morgan fingerprint density at radius 3 is 2.50 bits per heavy atom. The molecule has 1 N–H and O–H groups in total. The molecule has 0 aromatic heterocycles. The highest BCUT2D eigenvalue weighted by Crippen LogP contribution is 2.39. The van der Waals surface area contributed by atoms with Crippen molar-refractivity contribution in [1.29, 1.82) is 0 Å². The van der Waals surface area contributed by atoms with Gasteiger partial charge < -0.3 is 19.1 Å². The van der Waals surface area contributed by atoms with E-state index < -0.39 is 10.0 Å². The summed E-state index contributed by atoms with van der Waals surface area (Å²) in [6, 6.07) is 7.04. The van der Waals surface area contributed by atoms with Gasteiger partial charge in [-0.1, -0.05) is 0 Å². The molecule has 2 aliphatic rings. The number of sulfonamides is 1. The van der Waals surface area contributed by atoms with Crippen LogP contribution in [0.25, 0.3) is 0 Å². The van der Waals surface area contributed by atoms with Crippen molar-refractivity contribution in [2.24, 2.45) is 0 Å². The van der Waals surface area contributed by atoms with Gasteiger partial charge in [0.25, 0.3) is 15.9 Å². The maximum atomic E-state index is 12.9. The smallest absolute Gasteiger partial charge is 0.264 e. The minimum atomic E-state index is -4.05. The summed E-state index contributed by atoms with van der Waals surface area (Å²) in [4.78, 5) is 25.0. The van der Waals surface area contributed by atoms with Crippen LogP contribution in [0.5, 0.6) is 17.2 Å². The Labute approximate surface area is 160 Å². The number of nitrogens with zero attached hydrogens (tertiary/aromatic N) is 1. The van der Waals surface area contributed by atoms with E-state index in [1.807, 2.05) is 0 Å². The van der Waals surface area contributed by atoms with Crippen LogP contribution in [0.4, 0.5) is 11.4 Å². The molecule has 0 unspecified atom stereocenters. The van der Waals surface area contributed by atoms with Gasteiger partial charge in [-0.2, -0.15) is 0 Å². The molecule has 0 aliphatic carbocycles. The molecule has 2 aliphatic heterocycles. The number of anilines is 2. The van der Waals surface area contributed by atoms with E-state index in [0.29, 0.717) is 22.9 Å². The quantitative estimate of drug-likeness (QED) is 0.773. The van der Waals surface area contributed by atoms with Crippen LogP contribution >= 0.6 is 0 Å². The lowest BCUT2D eigenvalue weighted by Crippen LogP contribution is -2.35. The summed E-state index contributed by atoms with van der Waals surface area (Å²) in [5.74, 6) is 0.504. The highest BCUT2D eigenvalue weighted by molar-refractivity contribution is 7.92. The molecular formula is C18H16N2O7S. The molecule has 2 aromatic carbocycles. The van der Waals surface area contributed by atoms with Gasteiger partial charge in [0.05, 0.1) is 16.3 Å². The van der Waals surface area contributed by atoms with Crippen LogP contribution in [-0.4, -0.2) is 40.6 Å². The average molecular weight is 404 g/mol. The number of ketones is 1. The average Bonchev–Trinajstić information content (AvgIpc) is 3.11. The Bertz CT molecular complexity index is 1110. The van der Waals surface area contributed by atoms with E-state index in [1.165, 1.54) is 42.2 Å². The van der Waals surface area contributed by atoms with E-state index in [-0.39, 0.29) is 41.2 Å². The number of nitrogens with one attached hydrogen (secondary N) is 1. The number of benzene rings is 2. The van der Waals surface area contributed by atoms with Gasteiger partial charge in [-0.15, -0.1) is 0 Å². The second-order valence-electron chi connectivity index (χ2n) is 6.28. The lowest BCUT2D eigenvalue weighted by Gasteiger charge is -2.26. The molecule has 1 amide bonds. The molecule has 4 rings (SSSR count). The molecule has 0 atom stereocenters. The van der Waals surface area contributed by atoms with E-state index in [2.05, 4.69) is 4.72 Å². The van der Waals surface area contributed by atoms with E-state index in [9.17, 15) is 18.0 Å². The lowest BCUT2D eigenvalue weighted by molar-refractivity contribution is -0.121. The van der Waals surface area contributed by atoms with Crippen LogP contribution in [0.2, 0.25) is 0 Å². The van der Waals surface area contributed by atoms with E-state index in [4.69, 9.17) is 14.2 Å². The zero-order chi connectivity index (χ0) is 20.1. The number of hydrogen-bond donors (Lipinski definition) is 1. The number of hydrogen-bond acceptors (Lipinski definition) is 7. The fraction of sp³-hybridized carbons (Fsp3) is 0.222. The fourth-order valence-corrected chi connectivity index (χ4v) is 4.03. The van der Waals surface area contributed by atoms with Gasteiger partial charge in [0, 0.05) is 18.7 Å². The fourth-order valence-electron chi connectivity index (χ4n) is 2.94. The van der Waals surface area contributed by atoms with Gasteiger partial charge in [-0.25, -0.2) is 8.42 Å².